The zero-order chi connectivity index (χ0) is 28.2. The van der Waals surface area contributed by atoms with E-state index in [4.69, 9.17) is 23.7 Å². The number of hydrogen-bond acceptors (Lipinski definition) is 7. The number of ether oxygens (including phenoxy) is 5. The number of hydrogen-bond donors (Lipinski definition) is 0. The number of azide groups is 1. The van der Waals surface area contributed by atoms with Crippen LogP contribution >= 0.6 is 11.8 Å². The first-order valence-electron chi connectivity index (χ1n) is 13.1. The number of thioether (sulfide) groups is 1. The molecule has 1 aliphatic heterocycles. The zero-order valence-electron chi connectivity index (χ0n) is 22.8. The molecular formula is C31H35N3O5S. The molecule has 3 aromatic rings. The molecule has 1 fully saturated rings. The molecule has 0 aliphatic carbocycles. The summed E-state index contributed by atoms with van der Waals surface area (Å²) in [7, 11) is 1.64. The van der Waals surface area contributed by atoms with Gasteiger partial charge in [0.1, 0.15) is 18.0 Å². The fourth-order valence-electron chi connectivity index (χ4n) is 4.44. The summed E-state index contributed by atoms with van der Waals surface area (Å²) in [6.07, 6.45) is 0.500. The third kappa shape index (κ3) is 8.35. The van der Waals surface area contributed by atoms with Crippen LogP contribution in [0.2, 0.25) is 0 Å². The maximum atomic E-state index is 9.60. The van der Waals surface area contributed by atoms with Gasteiger partial charge in [0.15, 0.2) is 5.06 Å². The summed E-state index contributed by atoms with van der Waals surface area (Å²) >= 11 is 1.37. The van der Waals surface area contributed by atoms with Crippen LogP contribution in [0, 0.1) is 6.92 Å². The SMILES string of the molecule is C=CCO[C@H]1[C@H](OCc2ccccc2)C[C@](N=[N+]=[N-])(Sc2ccc(C)cc2)O[C@@H]1COCc1ccc(OC)cc1. The minimum atomic E-state index is -1.26. The van der Waals surface area contributed by atoms with Crippen LogP contribution in [0.15, 0.2) is 102 Å². The monoisotopic (exact) mass is 561 g/mol. The molecule has 0 aromatic heterocycles. The largest absolute Gasteiger partial charge is 0.497 e. The Kier molecular flexibility index (Phi) is 11.1. The standard InChI is InChI=1S/C31H35N3O5S/c1-4-18-37-30-28(38-21-24-8-6-5-7-9-24)19-31(33-34-32,40-27-16-10-23(2)11-17-27)39-29(30)22-36-20-25-12-14-26(35-3)15-13-25/h4-17,28-30H,1,18-22H2,2-3H3/t28-,29-,30+,31-/m1/s1. The Morgan fingerprint density at radius 2 is 1.75 bits per heavy atom. The molecule has 1 heterocycles. The topological polar surface area (TPSA) is 94.9 Å². The van der Waals surface area contributed by atoms with Gasteiger partial charge in [0.05, 0.1) is 39.6 Å². The van der Waals surface area contributed by atoms with E-state index in [1.165, 1.54) is 11.8 Å². The van der Waals surface area contributed by atoms with Gasteiger partial charge in [0, 0.05) is 16.2 Å². The Morgan fingerprint density at radius 1 is 1.02 bits per heavy atom. The highest BCUT2D eigenvalue weighted by Gasteiger charge is 2.49. The van der Waals surface area contributed by atoms with Crippen LogP contribution in [0.3, 0.4) is 0 Å². The van der Waals surface area contributed by atoms with Gasteiger partial charge in [-0.15, -0.1) is 6.58 Å². The van der Waals surface area contributed by atoms with Crippen LogP contribution in [0.1, 0.15) is 23.1 Å². The molecule has 0 amide bonds. The lowest BCUT2D eigenvalue weighted by molar-refractivity contribution is -0.222. The average molecular weight is 562 g/mol. The van der Waals surface area contributed by atoms with Crippen LogP contribution in [0.5, 0.6) is 5.75 Å². The van der Waals surface area contributed by atoms with Gasteiger partial charge in [-0.05, 0) is 53.0 Å². The second-order valence-electron chi connectivity index (χ2n) is 9.46. The Labute approximate surface area is 239 Å². The normalized spacial score (nSPS) is 22.3. The van der Waals surface area contributed by atoms with E-state index in [1.54, 1.807) is 13.2 Å². The Bertz CT molecular complexity index is 1250. The van der Waals surface area contributed by atoms with E-state index < -0.39 is 23.4 Å². The van der Waals surface area contributed by atoms with Gasteiger partial charge >= 0.3 is 0 Å². The summed E-state index contributed by atoms with van der Waals surface area (Å²) in [5, 5.41) is 2.93. The smallest absolute Gasteiger partial charge is 0.199 e. The van der Waals surface area contributed by atoms with Gasteiger partial charge in [0.25, 0.3) is 0 Å². The van der Waals surface area contributed by atoms with E-state index in [2.05, 4.69) is 16.6 Å². The van der Waals surface area contributed by atoms with Gasteiger partial charge in [-0.2, -0.15) is 0 Å². The molecule has 1 aliphatic rings. The molecule has 4 atom stereocenters. The fourth-order valence-corrected chi connectivity index (χ4v) is 5.58. The van der Waals surface area contributed by atoms with Crippen molar-refractivity contribution in [2.24, 2.45) is 5.11 Å². The van der Waals surface area contributed by atoms with Crippen LogP contribution in [-0.2, 0) is 32.2 Å². The summed E-state index contributed by atoms with van der Waals surface area (Å²) in [6.45, 7) is 7.10. The predicted molar refractivity (Wildman–Crippen MR) is 156 cm³/mol. The minimum absolute atomic E-state index is 0.205. The van der Waals surface area contributed by atoms with Crippen LogP contribution in [0.4, 0.5) is 0 Å². The van der Waals surface area contributed by atoms with E-state index in [0.29, 0.717) is 26.2 Å². The maximum absolute atomic E-state index is 9.60. The van der Waals surface area contributed by atoms with Crippen molar-refractivity contribution in [3.05, 3.63) is 119 Å². The molecule has 0 spiro atoms. The number of methoxy groups -OCH3 is 1. The van der Waals surface area contributed by atoms with E-state index in [-0.39, 0.29) is 6.61 Å². The summed E-state index contributed by atoms with van der Waals surface area (Å²) < 4.78 is 30.6. The highest BCUT2D eigenvalue weighted by atomic mass is 32.2. The molecule has 0 saturated carbocycles. The number of benzene rings is 3. The molecule has 0 radical (unpaired) electrons. The first-order chi connectivity index (χ1) is 19.5. The zero-order valence-corrected chi connectivity index (χ0v) is 23.7. The Morgan fingerprint density at radius 3 is 2.42 bits per heavy atom. The third-order valence-corrected chi connectivity index (χ3v) is 7.62. The fraction of sp³-hybridized carbons (Fsp3) is 0.355. The van der Waals surface area contributed by atoms with Crippen LogP contribution in [0.25, 0.3) is 10.4 Å². The number of rotatable bonds is 14. The molecule has 1 saturated heterocycles. The number of aryl methyl sites for hydroxylation is 1. The van der Waals surface area contributed by atoms with E-state index in [0.717, 1.165) is 27.3 Å². The molecule has 0 bridgehead atoms. The third-order valence-electron chi connectivity index (χ3n) is 6.45. The van der Waals surface area contributed by atoms with Crippen molar-refractivity contribution < 1.29 is 23.7 Å². The van der Waals surface area contributed by atoms with Gasteiger partial charge in [0.2, 0.25) is 0 Å². The lowest BCUT2D eigenvalue weighted by Gasteiger charge is -2.45. The molecule has 0 N–H and O–H groups in total. The summed E-state index contributed by atoms with van der Waals surface area (Å²) in [5.41, 5.74) is 12.8. The Hall–Kier alpha value is -3.30. The number of nitrogens with zero attached hydrogens (tertiary/aromatic N) is 3. The highest BCUT2D eigenvalue weighted by Crippen LogP contribution is 2.45. The quantitative estimate of drug-likeness (QED) is 0.0892. The second-order valence-corrected chi connectivity index (χ2v) is 10.8. The molecular weight excluding hydrogens is 526 g/mol. The van der Waals surface area contributed by atoms with Crippen molar-refractivity contribution in [3.8, 4) is 5.75 Å². The van der Waals surface area contributed by atoms with Crippen molar-refractivity contribution in [3.63, 3.8) is 0 Å². The van der Waals surface area contributed by atoms with E-state index in [1.807, 2.05) is 85.8 Å². The average Bonchev–Trinajstić information content (AvgIpc) is 2.98. The highest BCUT2D eigenvalue weighted by molar-refractivity contribution is 8.00. The van der Waals surface area contributed by atoms with Crippen molar-refractivity contribution in [1.82, 2.24) is 0 Å². The van der Waals surface area contributed by atoms with Gasteiger partial charge in [-0.1, -0.05) is 78.0 Å². The summed E-state index contributed by atoms with van der Waals surface area (Å²) in [6, 6.07) is 25.7. The minimum Gasteiger partial charge on any atom is -0.497 e. The maximum Gasteiger partial charge on any atom is 0.199 e. The van der Waals surface area contributed by atoms with Crippen LogP contribution < -0.4 is 4.74 Å². The van der Waals surface area contributed by atoms with Gasteiger partial charge < -0.3 is 23.7 Å². The second kappa shape index (κ2) is 14.9. The predicted octanol–water partition coefficient (Wildman–Crippen LogP) is 7.22. The molecule has 8 nitrogen and oxygen atoms in total. The van der Waals surface area contributed by atoms with Crippen molar-refractivity contribution in [2.75, 3.05) is 20.3 Å². The van der Waals surface area contributed by atoms with Gasteiger partial charge in [-0.25, -0.2) is 0 Å². The van der Waals surface area contributed by atoms with Crippen LogP contribution in [-0.4, -0.2) is 43.7 Å². The molecule has 210 valence electrons. The first kappa shape index (κ1) is 29.7. The Balaban J connectivity index is 1.59. The lowest BCUT2D eigenvalue weighted by Crippen LogP contribution is -2.56. The van der Waals surface area contributed by atoms with E-state index >= 15 is 0 Å². The van der Waals surface area contributed by atoms with Crippen molar-refractivity contribution in [2.45, 2.75) is 54.8 Å². The molecule has 3 aromatic carbocycles. The van der Waals surface area contributed by atoms with Gasteiger partial charge in [-0.3, -0.25) is 0 Å². The van der Waals surface area contributed by atoms with Crippen molar-refractivity contribution >= 4 is 11.8 Å². The van der Waals surface area contributed by atoms with Crippen molar-refractivity contribution in [1.29, 1.82) is 0 Å². The summed E-state index contributed by atoms with van der Waals surface area (Å²) in [4.78, 5) is 4.10. The summed E-state index contributed by atoms with van der Waals surface area (Å²) in [5.74, 6) is 0.780. The molecule has 0 unspecified atom stereocenters. The first-order valence-corrected chi connectivity index (χ1v) is 13.9. The van der Waals surface area contributed by atoms with E-state index in [9.17, 15) is 5.53 Å². The molecule has 9 heteroatoms. The molecule has 4 rings (SSSR count). The molecule has 40 heavy (non-hydrogen) atoms. The lowest BCUT2D eigenvalue weighted by atomic mass is 10.00.